The van der Waals surface area contributed by atoms with Crippen LogP contribution in [0.15, 0.2) is 21.4 Å². The second kappa shape index (κ2) is 6.84. The summed E-state index contributed by atoms with van der Waals surface area (Å²) in [5.74, 6) is -2.51. The van der Waals surface area contributed by atoms with Crippen molar-refractivity contribution in [1.29, 1.82) is 0 Å². The Balaban J connectivity index is 2.94. The number of thiazole rings is 1. The first kappa shape index (κ1) is 16.6. The van der Waals surface area contributed by atoms with E-state index in [1.54, 1.807) is 6.92 Å². The Kier molecular flexibility index (Phi) is 5.69. The smallest absolute Gasteiger partial charge is 0.301 e. The van der Waals surface area contributed by atoms with Crippen molar-refractivity contribution in [3.63, 3.8) is 0 Å². The normalized spacial score (nSPS) is 11.8. The molecule has 0 aliphatic carbocycles. The number of rotatable bonds is 6. The second-order valence-corrected chi connectivity index (χ2v) is 6.89. The van der Waals surface area contributed by atoms with Crippen LogP contribution in [-0.2, 0) is 14.7 Å². The maximum atomic E-state index is 12.6. The van der Waals surface area contributed by atoms with E-state index in [0.717, 1.165) is 11.3 Å². The van der Waals surface area contributed by atoms with Crippen molar-refractivity contribution in [2.45, 2.75) is 17.7 Å². The summed E-state index contributed by atoms with van der Waals surface area (Å²) in [5, 5.41) is 3.48. The third-order valence-corrected chi connectivity index (χ3v) is 5.41. The highest BCUT2D eigenvalue weighted by molar-refractivity contribution is 7.93. The molecule has 0 amide bonds. The second-order valence-electron chi connectivity index (χ2n) is 3.58. The lowest BCUT2D eigenvalue weighted by Crippen LogP contribution is -2.07. The predicted molar refractivity (Wildman–Crippen MR) is 68.5 cm³/mol. The summed E-state index contributed by atoms with van der Waals surface area (Å²) >= 11 is 0.812. The average molecular weight is 328 g/mol. The molecule has 0 N–H and O–H groups in total. The highest BCUT2D eigenvalue weighted by Crippen LogP contribution is 2.24. The van der Waals surface area contributed by atoms with Crippen LogP contribution in [0.4, 0.5) is 13.2 Å². The number of aryl methyl sites for hydroxylation is 1. The van der Waals surface area contributed by atoms with Crippen LogP contribution < -0.4 is 0 Å². The Labute approximate surface area is 117 Å². The van der Waals surface area contributed by atoms with Gasteiger partial charge in [0.1, 0.15) is 7.11 Å². The van der Waals surface area contributed by atoms with E-state index in [0.29, 0.717) is 10.6 Å². The van der Waals surface area contributed by atoms with Crippen LogP contribution in [-0.4, -0.2) is 32.5 Å². The molecule has 20 heavy (non-hydrogen) atoms. The first-order valence-corrected chi connectivity index (χ1v) is 7.71. The zero-order valence-corrected chi connectivity index (χ0v) is 12.2. The number of hydrogen-bond acceptors (Lipinski definition) is 6. The fraction of sp³-hybridized carbons (Fsp3) is 0.400. The van der Waals surface area contributed by atoms with Gasteiger partial charge in [0.2, 0.25) is 14.2 Å². The van der Waals surface area contributed by atoms with Crippen LogP contribution in [0.3, 0.4) is 0 Å². The van der Waals surface area contributed by atoms with Gasteiger partial charge in [-0.1, -0.05) is 5.16 Å². The van der Waals surface area contributed by atoms with Crippen LogP contribution in [0, 0.1) is 6.92 Å². The largest absolute Gasteiger partial charge is 0.399 e. The van der Waals surface area contributed by atoms with Crippen LogP contribution in [0.1, 0.15) is 17.0 Å². The van der Waals surface area contributed by atoms with Crippen molar-refractivity contribution in [2.24, 2.45) is 5.16 Å². The number of halogens is 3. The van der Waals surface area contributed by atoms with E-state index in [9.17, 15) is 21.6 Å². The van der Waals surface area contributed by atoms with Crippen LogP contribution in [0.25, 0.3) is 0 Å². The molecular weight excluding hydrogens is 317 g/mol. The van der Waals surface area contributed by atoms with Gasteiger partial charge in [-0.15, -0.1) is 11.3 Å². The molecule has 1 heterocycles. The predicted octanol–water partition coefficient (Wildman–Crippen LogP) is 2.67. The number of aromatic nitrogens is 1. The van der Waals surface area contributed by atoms with E-state index in [-0.39, 0.29) is 4.34 Å². The van der Waals surface area contributed by atoms with Crippen LogP contribution in [0.5, 0.6) is 0 Å². The summed E-state index contributed by atoms with van der Waals surface area (Å²) < 4.78 is 59.8. The monoisotopic (exact) mass is 328 g/mol. The molecule has 0 atom stereocenters. The Hall–Kier alpha value is -1.42. The number of hydrogen-bond donors (Lipinski definition) is 0. The molecule has 0 aliphatic heterocycles. The van der Waals surface area contributed by atoms with Gasteiger partial charge >= 0.3 is 6.08 Å². The molecule has 0 saturated heterocycles. The molecule has 0 fully saturated rings. The molecule has 1 aromatic heterocycles. The molecule has 0 aliphatic rings. The van der Waals surface area contributed by atoms with Crippen molar-refractivity contribution >= 4 is 27.4 Å². The Morgan fingerprint density at radius 3 is 2.65 bits per heavy atom. The minimum atomic E-state index is -3.92. The topological polar surface area (TPSA) is 68.6 Å². The minimum absolute atomic E-state index is 0.264. The average Bonchev–Trinajstić information content (AvgIpc) is 2.75. The summed E-state index contributed by atoms with van der Waals surface area (Å²) in [6.07, 6.45) is -2.11. The summed E-state index contributed by atoms with van der Waals surface area (Å²) in [6.45, 7) is 1.56. The van der Waals surface area contributed by atoms with Gasteiger partial charge in [-0.05, 0) is 6.92 Å². The molecule has 112 valence electrons. The first-order valence-electron chi connectivity index (χ1n) is 5.24. The number of allylic oxidation sites excluding steroid dienone is 1. The van der Waals surface area contributed by atoms with Crippen molar-refractivity contribution in [3.05, 3.63) is 22.5 Å². The van der Waals surface area contributed by atoms with Crippen LogP contribution in [0.2, 0.25) is 0 Å². The fourth-order valence-corrected chi connectivity index (χ4v) is 3.73. The van der Waals surface area contributed by atoms with Gasteiger partial charge in [0.15, 0.2) is 5.83 Å². The molecule has 1 rings (SSSR count). The minimum Gasteiger partial charge on any atom is -0.399 e. The molecule has 0 radical (unpaired) electrons. The Bertz CT molecular complexity index is 634. The molecule has 1 aromatic rings. The van der Waals surface area contributed by atoms with Gasteiger partial charge in [-0.2, -0.15) is 8.78 Å². The fourth-order valence-electron chi connectivity index (χ4n) is 1.14. The van der Waals surface area contributed by atoms with E-state index in [1.165, 1.54) is 13.3 Å². The van der Waals surface area contributed by atoms with Crippen molar-refractivity contribution in [3.8, 4) is 0 Å². The number of oxime groups is 1. The maximum Gasteiger partial charge on any atom is 0.301 e. The van der Waals surface area contributed by atoms with Crippen LogP contribution >= 0.6 is 11.3 Å². The number of sulfone groups is 1. The Morgan fingerprint density at radius 1 is 1.45 bits per heavy atom. The molecule has 0 saturated carbocycles. The third-order valence-electron chi connectivity index (χ3n) is 2.15. The van der Waals surface area contributed by atoms with Gasteiger partial charge in [0.25, 0.3) is 0 Å². The van der Waals surface area contributed by atoms with Crippen molar-refractivity contribution in [1.82, 2.24) is 4.98 Å². The van der Waals surface area contributed by atoms with E-state index < -0.39 is 33.9 Å². The zero-order chi connectivity index (χ0) is 15.3. The lowest BCUT2D eigenvalue weighted by Gasteiger charge is -1.98. The summed E-state index contributed by atoms with van der Waals surface area (Å²) in [5.41, 5.74) is 0.405. The Morgan fingerprint density at radius 2 is 2.10 bits per heavy atom. The molecule has 0 spiro atoms. The van der Waals surface area contributed by atoms with Gasteiger partial charge < -0.3 is 4.84 Å². The van der Waals surface area contributed by atoms with Gasteiger partial charge in [-0.25, -0.2) is 17.8 Å². The van der Waals surface area contributed by atoms with E-state index in [1.807, 2.05) is 0 Å². The van der Waals surface area contributed by atoms with Crippen molar-refractivity contribution < 1.29 is 26.4 Å². The SMILES string of the molecule is CON=Cc1sc(S(=O)(=O)CCC(F)=C(F)F)nc1C. The summed E-state index contributed by atoms with van der Waals surface area (Å²) in [4.78, 5) is 8.73. The van der Waals surface area contributed by atoms with Gasteiger partial charge in [0.05, 0.1) is 22.5 Å². The number of nitrogens with zero attached hydrogens (tertiary/aromatic N) is 2. The third kappa shape index (κ3) is 4.30. The molecule has 0 unspecified atom stereocenters. The maximum absolute atomic E-state index is 12.6. The highest BCUT2D eigenvalue weighted by atomic mass is 32.2. The van der Waals surface area contributed by atoms with Crippen molar-refractivity contribution in [2.75, 3.05) is 12.9 Å². The zero-order valence-electron chi connectivity index (χ0n) is 10.6. The summed E-state index contributed by atoms with van der Waals surface area (Å²) in [7, 11) is -2.59. The molecule has 5 nitrogen and oxygen atoms in total. The van der Waals surface area contributed by atoms with E-state index >= 15 is 0 Å². The highest BCUT2D eigenvalue weighted by Gasteiger charge is 2.22. The standard InChI is InChI=1S/C10H11F3N2O3S2/c1-6-8(5-14-18-2)19-10(15-6)20(16,17)4-3-7(11)9(12)13/h5H,3-4H2,1-2H3. The quantitative estimate of drug-likeness (QED) is 0.595. The van der Waals surface area contributed by atoms with E-state index in [4.69, 9.17) is 0 Å². The first-order chi connectivity index (χ1) is 9.27. The van der Waals surface area contributed by atoms with Gasteiger partial charge in [-0.3, -0.25) is 0 Å². The summed E-state index contributed by atoms with van der Waals surface area (Å²) in [6, 6.07) is 0. The lowest BCUT2D eigenvalue weighted by atomic mass is 10.4. The van der Waals surface area contributed by atoms with Gasteiger partial charge in [0, 0.05) is 6.42 Å². The van der Waals surface area contributed by atoms with E-state index in [2.05, 4.69) is 15.0 Å². The molecule has 0 aromatic carbocycles. The molecule has 0 bridgehead atoms. The molecular formula is C10H11F3N2O3S2. The lowest BCUT2D eigenvalue weighted by molar-refractivity contribution is 0.215. The molecule has 10 heteroatoms.